The summed E-state index contributed by atoms with van der Waals surface area (Å²) < 4.78 is 29.3. The van der Waals surface area contributed by atoms with Gasteiger partial charge in [-0.15, -0.1) is 12.4 Å². The van der Waals surface area contributed by atoms with Crippen molar-refractivity contribution in [3.05, 3.63) is 98.1 Å². The van der Waals surface area contributed by atoms with Gasteiger partial charge in [0.25, 0.3) is 0 Å². The first-order chi connectivity index (χ1) is 15.4. The Morgan fingerprint density at radius 3 is 2.39 bits per heavy atom. The molecule has 0 unspecified atom stereocenters. The fourth-order valence-corrected chi connectivity index (χ4v) is 5.03. The van der Waals surface area contributed by atoms with E-state index in [4.69, 9.17) is 4.98 Å². The molecule has 0 aliphatic heterocycles. The minimum atomic E-state index is -0.634. The van der Waals surface area contributed by atoms with Crippen LogP contribution >= 0.6 is 28.3 Å². The SMILES string of the molecule is Cl.O=c1c2cc(Br)cnc2nc([C@@H]([As])Cc2cc(F)cc(F)c2)n1-c1ccc(C2CC2)cc1. The molecule has 0 spiro atoms. The third-order valence-electron chi connectivity index (χ3n) is 5.57. The quantitative estimate of drug-likeness (QED) is 0.285. The summed E-state index contributed by atoms with van der Waals surface area (Å²) in [5, 5.41) is 0.394. The number of hydrogen-bond donors (Lipinski definition) is 0. The van der Waals surface area contributed by atoms with E-state index >= 15 is 0 Å². The molecule has 1 atom stereocenters. The Morgan fingerprint density at radius 2 is 1.76 bits per heavy atom. The maximum atomic E-state index is 13.7. The molecule has 0 N–H and O–H groups in total. The summed E-state index contributed by atoms with van der Waals surface area (Å²) in [4.78, 5) is 22.5. The van der Waals surface area contributed by atoms with Crippen molar-refractivity contribution >= 4 is 56.2 Å². The van der Waals surface area contributed by atoms with E-state index in [0.717, 1.165) is 6.07 Å². The van der Waals surface area contributed by atoms with Gasteiger partial charge in [0.1, 0.15) is 0 Å². The molecule has 4 nitrogen and oxygen atoms in total. The van der Waals surface area contributed by atoms with Crippen LogP contribution in [0.4, 0.5) is 8.78 Å². The summed E-state index contributed by atoms with van der Waals surface area (Å²) in [6.45, 7) is 0. The third kappa shape index (κ3) is 5.06. The van der Waals surface area contributed by atoms with Crippen molar-refractivity contribution in [2.45, 2.75) is 29.9 Å². The van der Waals surface area contributed by atoms with Crippen molar-refractivity contribution in [1.29, 1.82) is 0 Å². The van der Waals surface area contributed by atoms with Gasteiger partial charge in [-0.05, 0) is 0 Å². The van der Waals surface area contributed by atoms with Crippen molar-refractivity contribution in [3.63, 3.8) is 0 Å². The topological polar surface area (TPSA) is 47.8 Å². The number of hydrogen-bond acceptors (Lipinski definition) is 3. The number of nitrogens with zero attached hydrogens (tertiary/aromatic N) is 3. The molecule has 9 heteroatoms. The van der Waals surface area contributed by atoms with Crippen LogP contribution in [-0.2, 0) is 6.42 Å². The average Bonchev–Trinajstić information content (AvgIpc) is 3.59. The summed E-state index contributed by atoms with van der Waals surface area (Å²) in [5.74, 6) is -0.189. The third-order valence-corrected chi connectivity index (χ3v) is 6.87. The van der Waals surface area contributed by atoms with Gasteiger partial charge in [-0.25, -0.2) is 0 Å². The second-order valence-electron chi connectivity index (χ2n) is 8.00. The molecule has 2 radical (unpaired) electrons. The van der Waals surface area contributed by atoms with Crippen LogP contribution in [0, 0.1) is 11.6 Å². The van der Waals surface area contributed by atoms with Crippen LogP contribution in [0.3, 0.4) is 0 Å². The van der Waals surface area contributed by atoms with E-state index in [1.807, 2.05) is 24.3 Å². The predicted octanol–water partition coefficient (Wildman–Crippen LogP) is 5.57. The predicted molar refractivity (Wildman–Crippen MR) is 131 cm³/mol. The standard InChI is InChI=1S/C24H17AsBrF2N3O.ClH/c25-21(9-13-7-17(27)11-18(28)8-13)23-30-22-20(10-16(26)12-29-22)24(32)31(23)19-5-3-15(4-6-19)14-1-2-14;/h3-8,10-12,14,21H,1-2,9H2;1H/t21-;/m0./s1. The van der Waals surface area contributed by atoms with Crippen molar-refractivity contribution in [2.24, 2.45) is 0 Å². The molecule has 168 valence electrons. The summed E-state index contributed by atoms with van der Waals surface area (Å²) in [6, 6.07) is 13.1. The molecule has 4 aromatic rings. The molecular weight excluding hydrogens is 575 g/mol. The number of benzene rings is 2. The molecule has 1 fully saturated rings. The van der Waals surface area contributed by atoms with E-state index in [2.05, 4.69) is 37.8 Å². The molecule has 1 saturated carbocycles. The van der Waals surface area contributed by atoms with Crippen LogP contribution in [0.15, 0.2) is 64.0 Å². The van der Waals surface area contributed by atoms with Crippen LogP contribution in [0.5, 0.6) is 0 Å². The van der Waals surface area contributed by atoms with Crippen molar-refractivity contribution in [1.82, 2.24) is 14.5 Å². The number of aromatic nitrogens is 3. The average molecular weight is 593 g/mol. The van der Waals surface area contributed by atoms with Gasteiger partial charge in [0.2, 0.25) is 0 Å². The molecular formula is C24H18AsBrClF2N3O. The molecule has 2 aromatic carbocycles. The molecule has 0 amide bonds. The fourth-order valence-electron chi connectivity index (χ4n) is 3.89. The number of halogens is 4. The fraction of sp³-hybridized carbons (Fsp3) is 0.208. The van der Waals surface area contributed by atoms with E-state index in [0.29, 0.717) is 44.9 Å². The van der Waals surface area contributed by atoms with Gasteiger partial charge in [-0.3, -0.25) is 0 Å². The van der Waals surface area contributed by atoms with Crippen molar-refractivity contribution in [2.75, 3.05) is 0 Å². The van der Waals surface area contributed by atoms with Gasteiger partial charge in [-0.2, -0.15) is 0 Å². The van der Waals surface area contributed by atoms with Gasteiger partial charge < -0.3 is 0 Å². The zero-order valence-electron chi connectivity index (χ0n) is 17.2. The van der Waals surface area contributed by atoms with E-state index < -0.39 is 11.6 Å². The van der Waals surface area contributed by atoms with Crippen LogP contribution in [0.1, 0.15) is 40.4 Å². The van der Waals surface area contributed by atoms with E-state index in [-0.39, 0.29) is 22.7 Å². The van der Waals surface area contributed by atoms with Crippen molar-refractivity contribution in [3.8, 4) is 5.69 Å². The second-order valence-corrected chi connectivity index (χ2v) is 10.2. The number of pyridine rings is 1. The molecule has 1 aliphatic rings. The van der Waals surface area contributed by atoms with E-state index in [9.17, 15) is 13.6 Å². The molecule has 5 rings (SSSR count). The van der Waals surface area contributed by atoms with E-state index in [1.54, 1.807) is 16.8 Å². The van der Waals surface area contributed by atoms with Crippen LogP contribution in [-0.4, -0.2) is 31.4 Å². The molecule has 1 aliphatic carbocycles. The van der Waals surface area contributed by atoms with Crippen molar-refractivity contribution < 1.29 is 8.78 Å². The van der Waals surface area contributed by atoms with E-state index in [1.165, 1.54) is 30.5 Å². The Balaban J connectivity index is 0.00000259. The zero-order valence-corrected chi connectivity index (χ0v) is 21.5. The summed E-state index contributed by atoms with van der Waals surface area (Å²) in [5.41, 5.74) is 2.55. The van der Waals surface area contributed by atoms with Gasteiger partial charge in [0.15, 0.2) is 0 Å². The first-order valence-corrected chi connectivity index (χ1v) is 12.1. The van der Waals surface area contributed by atoms with Crippen LogP contribution in [0.25, 0.3) is 16.7 Å². The molecule has 2 aromatic heterocycles. The number of fused-ring (bicyclic) bond motifs is 1. The normalized spacial score (nSPS) is 14.2. The maximum absolute atomic E-state index is 13.7. The second kappa shape index (κ2) is 9.65. The Bertz CT molecular complexity index is 1370. The van der Waals surface area contributed by atoms with Gasteiger partial charge >= 0.3 is 201 Å². The summed E-state index contributed by atoms with van der Waals surface area (Å²) in [6.07, 6.45) is 4.28. The van der Waals surface area contributed by atoms with Gasteiger partial charge in [0.05, 0.1) is 0 Å². The monoisotopic (exact) mass is 591 g/mol. The molecule has 0 saturated heterocycles. The summed E-state index contributed by atoms with van der Waals surface area (Å²) >= 11 is 5.83. The van der Waals surface area contributed by atoms with Gasteiger partial charge in [0, 0.05) is 0 Å². The summed E-state index contributed by atoms with van der Waals surface area (Å²) in [7, 11) is 0. The Hall–Kier alpha value is -2.08. The van der Waals surface area contributed by atoms with Crippen LogP contribution < -0.4 is 5.56 Å². The Labute approximate surface area is 212 Å². The number of rotatable bonds is 5. The zero-order chi connectivity index (χ0) is 22.4. The first-order valence-electron chi connectivity index (χ1n) is 10.2. The Kier molecular flexibility index (Phi) is 7.03. The minimum absolute atomic E-state index is 0. The van der Waals surface area contributed by atoms with Crippen LogP contribution in [0.2, 0.25) is 0 Å². The molecule has 33 heavy (non-hydrogen) atoms. The Morgan fingerprint density at radius 1 is 1.09 bits per heavy atom. The molecule has 2 heterocycles. The first kappa shape index (κ1) is 24.1. The van der Waals surface area contributed by atoms with Gasteiger partial charge in [-0.1, -0.05) is 0 Å². The molecule has 0 bridgehead atoms.